The fourth-order valence-corrected chi connectivity index (χ4v) is 2.06. The van der Waals surface area contributed by atoms with Gasteiger partial charge < -0.3 is 14.6 Å². The molecule has 0 spiro atoms. The van der Waals surface area contributed by atoms with Gasteiger partial charge in [-0.3, -0.25) is 4.79 Å². The van der Waals surface area contributed by atoms with E-state index in [1.807, 2.05) is 6.92 Å². The van der Waals surface area contributed by atoms with Crippen molar-refractivity contribution in [1.29, 1.82) is 0 Å². The molecule has 1 aromatic carbocycles. The molecule has 0 radical (unpaired) electrons. The first kappa shape index (κ1) is 12.7. The average molecular weight is 275 g/mol. The number of nitrogens with one attached hydrogen (secondary N) is 1. The first-order valence-electron chi connectivity index (χ1n) is 6.35. The van der Waals surface area contributed by atoms with E-state index < -0.39 is 0 Å². The van der Waals surface area contributed by atoms with Gasteiger partial charge in [0.05, 0.1) is 13.1 Å². The smallest absolute Gasteiger partial charge is 0.289 e. The molecule has 2 heterocycles. The number of ether oxygens (including phenoxy) is 1. The Hall–Kier alpha value is -2.37. The summed E-state index contributed by atoms with van der Waals surface area (Å²) in [6.45, 7) is 2.87. The van der Waals surface area contributed by atoms with Crippen molar-refractivity contribution in [2.75, 3.05) is 13.1 Å². The zero-order chi connectivity index (χ0) is 14.1. The Balaban J connectivity index is 1.53. The third-order valence-electron chi connectivity index (χ3n) is 3.16. The fraction of sp³-hybridized carbons (Fsp3) is 0.286. The highest BCUT2D eigenvalue weighted by Gasteiger charge is 2.33. The van der Waals surface area contributed by atoms with Crippen LogP contribution in [0.2, 0.25) is 0 Å². The number of aromatic nitrogens is 2. The summed E-state index contributed by atoms with van der Waals surface area (Å²) in [6, 6.07) is 5.86. The largest absolute Gasteiger partial charge is 0.487 e. The monoisotopic (exact) mass is 275 g/mol. The van der Waals surface area contributed by atoms with Crippen LogP contribution in [0.25, 0.3) is 0 Å². The molecule has 1 saturated heterocycles. The standard InChI is InChI=1S/C14H14FN3O2/c1-9-6-16-13(17-9)14(19)18-7-12(8-18)20-11-4-2-10(15)3-5-11/h2-6,12H,7-8H2,1H3,(H,16,17). The third-order valence-corrected chi connectivity index (χ3v) is 3.16. The number of rotatable bonds is 3. The van der Waals surface area contributed by atoms with Crippen LogP contribution in [-0.2, 0) is 0 Å². The number of halogens is 1. The molecule has 104 valence electrons. The second-order valence-corrected chi connectivity index (χ2v) is 4.82. The zero-order valence-electron chi connectivity index (χ0n) is 11.0. The van der Waals surface area contributed by atoms with Gasteiger partial charge in [0.15, 0.2) is 5.82 Å². The van der Waals surface area contributed by atoms with Gasteiger partial charge in [0.25, 0.3) is 5.91 Å². The van der Waals surface area contributed by atoms with Crippen LogP contribution >= 0.6 is 0 Å². The van der Waals surface area contributed by atoms with Crippen LogP contribution < -0.4 is 4.74 Å². The number of hydrogen-bond acceptors (Lipinski definition) is 3. The van der Waals surface area contributed by atoms with Gasteiger partial charge in [-0.2, -0.15) is 0 Å². The molecule has 3 rings (SSSR count). The molecule has 20 heavy (non-hydrogen) atoms. The Bertz CT molecular complexity index is 618. The Morgan fingerprint density at radius 2 is 2.10 bits per heavy atom. The fourth-order valence-electron chi connectivity index (χ4n) is 2.06. The normalized spacial score (nSPS) is 15.0. The average Bonchev–Trinajstić information content (AvgIpc) is 2.81. The molecule has 1 N–H and O–H groups in total. The van der Waals surface area contributed by atoms with Crippen LogP contribution in [0.5, 0.6) is 5.75 Å². The number of aryl methyl sites for hydroxylation is 1. The summed E-state index contributed by atoms with van der Waals surface area (Å²) >= 11 is 0. The minimum atomic E-state index is -0.295. The Labute approximate surface area is 115 Å². The Morgan fingerprint density at radius 3 is 2.70 bits per heavy atom. The van der Waals surface area contributed by atoms with Gasteiger partial charge in [0.2, 0.25) is 0 Å². The van der Waals surface area contributed by atoms with E-state index in [9.17, 15) is 9.18 Å². The molecule has 1 aromatic heterocycles. The zero-order valence-corrected chi connectivity index (χ0v) is 11.0. The summed E-state index contributed by atoms with van der Waals surface area (Å²) in [5.41, 5.74) is 0.855. The van der Waals surface area contributed by atoms with Gasteiger partial charge in [-0.15, -0.1) is 0 Å². The molecule has 6 heteroatoms. The molecule has 1 aliphatic rings. The summed E-state index contributed by atoms with van der Waals surface area (Å²) < 4.78 is 18.4. The number of imidazole rings is 1. The van der Waals surface area contributed by atoms with Gasteiger partial charge >= 0.3 is 0 Å². The molecule has 0 atom stereocenters. The minimum Gasteiger partial charge on any atom is -0.487 e. The third kappa shape index (κ3) is 2.49. The van der Waals surface area contributed by atoms with Gasteiger partial charge in [-0.25, -0.2) is 9.37 Å². The first-order valence-corrected chi connectivity index (χ1v) is 6.35. The van der Waals surface area contributed by atoms with Crippen molar-refractivity contribution in [3.8, 4) is 5.75 Å². The van der Waals surface area contributed by atoms with E-state index in [1.54, 1.807) is 23.2 Å². The van der Waals surface area contributed by atoms with E-state index in [0.717, 1.165) is 5.69 Å². The number of carbonyl (C=O) groups excluding carboxylic acids is 1. The lowest BCUT2D eigenvalue weighted by Crippen LogP contribution is -2.56. The maximum absolute atomic E-state index is 12.8. The van der Waals surface area contributed by atoms with Crippen molar-refractivity contribution in [2.45, 2.75) is 13.0 Å². The van der Waals surface area contributed by atoms with Gasteiger partial charge in [-0.1, -0.05) is 0 Å². The van der Waals surface area contributed by atoms with E-state index >= 15 is 0 Å². The quantitative estimate of drug-likeness (QED) is 0.928. The van der Waals surface area contributed by atoms with Crippen LogP contribution in [0, 0.1) is 12.7 Å². The predicted molar refractivity (Wildman–Crippen MR) is 70.0 cm³/mol. The molecule has 1 aliphatic heterocycles. The van der Waals surface area contributed by atoms with Crippen LogP contribution in [-0.4, -0.2) is 40.0 Å². The van der Waals surface area contributed by atoms with Crippen molar-refractivity contribution in [3.63, 3.8) is 0 Å². The second kappa shape index (κ2) is 4.96. The Morgan fingerprint density at radius 1 is 1.40 bits per heavy atom. The maximum Gasteiger partial charge on any atom is 0.289 e. The summed E-state index contributed by atoms with van der Waals surface area (Å²) in [5.74, 6) is 0.535. The minimum absolute atomic E-state index is 0.0551. The van der Waals surface area contributed by atoms with Crippen molar-refractivity contribution in [1.82, 2.24) is 14.9 Å². The molecular formula is C14H14FN3O2. The number of benzene rings is 1. The lowest BCUT2D eigenvalue weighted by Gasteiger charge is -2.38. The summed E-state index contributed by atoms with van der Waals surface area (Å²) in [6.07, 6.45) is 1.57. The number of likely N-dealkylation sites (tertiary alicyclic amines) is 1. The lowest BCUT2D eigenvalue weighted by molar-refractivity contribution is 0.0169. The molecule has 1 fully saturated rings. The highest BCUT2D eigenvalue weighted by atomic mass is 19.1. The number of nitrogens with zero attached hydrogens (tertiary/aromatic N) is 2. The van der Waals surface area contributed by atoms with E-state index in [0.29, 0.717) is 24.7 Å². The van der Waals surface area contributed by atoms with Crippen LogP contribution in [0.4, 0.5) is 4.39 Å². The SMILES string of the molecule is Cc1cnc(C(=O)N2CC(Oc3ccc(F)cc3)C2)[nH]1. The summed E-state index contributed by atoms with van der Waals surface area (Å²) in [7, 11) is 0. The molecular weight excluding hydrogens is 261 g/mol. The molecule has 0 unspecified atom stereocenters. The molecule has 0 aliphatic carbocycles. The first-order chi connectivity index (χ1) is 9.61. The number of amides is 1. The molecule has 1 amide bonds. The number of aromatic amines is 1. The van der Waals surface area contributed by atoms with Crippen molar-refractivity contribution in [2.24, 2.45) is 0 Å². The van der Waals surface area contributed by atoms with Crippen LogP contribution in [0.3, 0.4) is 0 Å². The molecule has 5 nitrogen and oxygen atoms in total. The highest BCUT2D eigenvalue weighted by Crippen LogP contribution is 2.19. The maximum atomic E-state index is 12.8. The van der Waals surface area contributed by atoms with E-state index in [2.05, 4.69) is 9.97 Å². The van der Waals surface area contributed by atoms with Crippen LogP contribution in [0.15, 0.2) is 30.5 Å². The number of carbonyl (C=O) groups is 1. The Kier molecular flexibility index (Phi) is 3.14. The van der Waals surface area contributed by atoms with Gasteiger partial charge in [-0.05, 0) is 31.2 Å². The highest BCUT2D eigenvalue weighted by molar-refractivity contribution is 5.91. The number of H-pyrrole nitrogens is 1. The second-order valence-electron chi connectivity index (χ2n) is 4.82. The molecule has 2 aromatic rings. The molecule has 0 saturated carbocycles. The summed E-state index contributed by atoms with van der Waals surface area (Å²) in [4.78, 5) is 20.6. The lowest BCUT2D eigenvalue weighted by atomic mass is 10.1. The number of hydrogen-bond donors (Lipinski definition) is 1. The molecule has 0 bridgehead atoms. The van der Waals surface area contributed by atoms with Gasteiger partial charge in [0, 0.05) is 11.9 Å². The van der Waals surface area contributed by atoms with E-state index in [4.69, 9.17) is 4.74 Å². The van der Waals surface area contributed by atoms with Crippen LogP contribution in [0.1, 0.15) is 16.3 Å². The predicted octanol–water partition coefficient (Wildman–Crippen LogP) is 1.76. The van der Waals surface area contributed by atoms with Crippen molar-refractivity contribution >= 4 is 5.91 Å². The van der Waals surface area contributed by atoms with E-state index in [1.165, 1.54) is 12.1 Å². The summed E-state index contributed by atoms with van der Waals surface area (Å²) in [5, 5.41) is 0. The topological polar surface area (TPSA) is 58.2 Å². The van der Waals surface area contributed by atoms with Crippen molar-refractivity contribution < 1.29 is 13.9 Å². The van der Waals surface area contributed by atoms with Crippen molar-refractivity contribution in [3.05, 3.63) is 47.8 Å². The van der Waals surface area contributed by atoms with Gasteiger partial charge in [0.1, 0.15) is 17.7 Å². The van der Waals surface area contributed by atoms with E-state index in [-0.39, 0.29) is 17.8 Å².